The van der Waals surface area contributed by atoms with E-state index in [1.54, 1.807) is 19.2 Å². The Morgan fingerprint density at radius 2 is 1.63 bits per heavy atom. The van der Waals surface area contributed by atoms with E-state index in [2.05, 4.69) is 0 Å². The molecule has 6 heteroatoms. The van der Waals surface area contributed by atoms with Crippen LogP contribution in [0.15, 0.2) is 42.5 Å². The lowest BCUT2D eigenvalue weighted by atomic mass is 9.76. The van der Waals surface area contributed by atoms with Crippen molar-refractivity contribution in [1.82, 2.24) is 0 Å². The first-order valence-electron chi connectivity index (χ1n) is 8.97. The molecule has 5 nitrogen and oxygen atoms in total. The highest BCUT2D eigenvalue weighted by molar-refractivity contribution is 6.63. The van der Waals surface area contributed by atoms with Gasteiger partial charge in [-0.15, -0.1) is 0 Å². The Morgan fingerprint density at radius 1 is 1.00 bits per heavy atom. The normalized spacial score (nSPS) is 17.6. The average Bonchev–Trinajstić information content (AvgIpc) is 2.87. The van der Waals surface area contributed by atoms with Crippen LogP contribution < -0.4 is 14.9 Å². The van der Waals surface area contributed by atoms with E-state index in [0.29, 0.717) is 29.1 Å². The number of hydrogen-bond donors (Lipinski definition) is 0. The van der Waals surface area contributed by atoms with Crippen molar-refractivity contribution in [2.24, 2.45) is 0 Å². The Kier molecular flexibility index (Phi) is 5.31. The molecule has 0 radical (unpaired) electrons. The van der Waals surface area contributed by atoms with Crippen molar-refractivity contribution in [2.45, 2.75) is 45.5 Å². The zero-order chi connectivity index (χ0) is 19.7. The number of methoxy groups -OCH3 is 1. The SMILES string of the molecule is COc1cc(B2OC(C)(C)C(C)(C)O2)c(C=O)cc1OCc1ccccc1. The van der Waals surface area contributed by atoms with E-state index in [1.807, 2.05) is 58.0 Å². The lowest BCUT2D eigenvalue weighted by molar-refractivity contribution is 0.00578. The molecule has 0 atom stereocenters. The minimum absolute atomic E-state index is 0.380. The minimum atomic E-state index is -0.646. The van der Waals surface area contributed by atoms with Gasteiger partial charge in [0.05, 0.1) is 18.3 Å². The highest BCUT2D eigenvalue weighted by Crippen LogP contribution is 2.37. The summed E-state index contributed by atoms with van der Waals surface area (Å²) >= 11 is 0. The highest BCUT2D eigenvalue weighted by atomic mass is 16.7. The molecule has 142 valence electrons. The Balaban J connectivity index is 1.90. The number of ether oxygens (including phenoxy) is 2. The molecule has 1 fully saturated rings. The number of carbonyl (C=O) groups is 1. The highest BCUT2D eigenvalue weighted by Gasteiger charge is 2.52. The van der Waals surface area contributed by atoms with Gasteiger partial charge < -0.3 is 18.8 Å². The van der Waals surface area contributed by atoms with Crippen LogP contribution >= 0.6 is 0 Å². The molecular formula is C21H25BO5. The fourth-order valence-corrected chi connectivity index (χ4v) is 2.88. The van der Waals surface area contributed by atoms with Crippen LogP contribution in [0.25, 0.3) is 0 Å². The van der Waals surface area contributed by atoms with Crippen LogP contribution in [0.5, 0.6) is 11.5 Å². The second kappa shape index (κ2) is 7.37. The van der Waals surface area contributed by atoms with E-state index < -0.39 is 18.3 Å². The Morgan fingerprint density at radius 3 is 2.19 bits per heavy atom. The van der Waals surface area contributed by atoms with Crippen LogP contribution in [-0.4, -0.2) is 31.7 Å². The van der Waals surface area contributed by atoms with Gasteiger partial charge in [0.2, 0.25) is 0 Å². The van der Waals surface area contributed by atoms with Gasteiger partial charge in [-0.2, -0.15) is 0 Å². The van der Waals surface area contributed by atoms with Gasteiger partial charge in [0.25, 0.3) is 0 Å². The maximum absolute atomic E-state index is 11.7. The lowest BCUT2D eigenvalue weighted by Gasteiger charge is -2.32. The number of benzene rings is 2. The third kappa shape index (κ3) is 3.87. The molecule has 0 saturated carbocycles. The topological polar surface area (TPSA) is 54.0 Å². The maximum Gasteiger partial charge on any atom is 0.495 e. The predicted octanol–water partition coefficient (Wildman–Crippen LogP) is 3.39. The second-order valence-corrected chi connectivity index (χ2v) is 7.61. The molecule has 1 saturated heterocycles. The Bertz CT molecular complexity index is 801. The molecule has 0 aromatic heterocycles. The van der Waals surface area contributed by atoms with Gasteiger partial charge in [-0.05, 0) is 50.9 Å². The minimum Gasteiger partial charge on any atom is -0.493 e. The van der Waals surface area contributed by atoms with Gasteiger partial charge in [-0.3, -0.25) is 4.79 Å². The first kappa shape index (κ1) is 19.5. The standard InChI is InChI=1S/C21H25BO5/c1-20(2)21(3,4)27-22(26-20)17-12-18(24-5)19(11-16(17)13-23)25-14-15-9-7-6-8-10-15/h6-13H,14H2,1-5H3. The largest absolute Gasteiger partial charge is 0.495 e. The molecule has 0 unspecified atom stereocenters. The van der Waals surface area contributed by atoms with Crippen LogP contribution in [-0.2, 0) is 15.9 Å². The summed E-state index contributed by atoms with van der Waals surface area (Å²) in [6.07, 6.45) is 0.787. The number of rotatable bonds is 6. The van der Waals surface area contributed by atoms with Gasteiger partial charge >= 0.3 is 7.12 Å². The molecule has 2 aromatic carbocycles. The van der Waals surface area contributed by atoms with Gasteiger partial charge in [0.1, 0.15) is 12.9 Å². The van der Waals surface area contributed by atoms with E-state index in [4.69, 9.17) is 18.8 Å². The average molecular weight is 368 g/mol. The summed E-state index contributed by atoms with van der Waals surface area (Å²) in [6.45, 7) is 8.28. The fraction of sp³-hybridized carbons (Fsp3) is 0.381. The maximum atomic E-state index is 11.7. The third-order valence-corrected chi connectivity index (χ3v) is 5.24. The Labute approximate surface area is 160 Å². The van der Waals surface area contributed by atoms with E-state index in [9.17, 15) is 4.79 Å². The smallest absolute Gasteiger partial charge is 0.493 e. The van der Waals surface area contributed by atoms with Gasteiger partial charge in [0, 0.05) is 5.56 Å². The lowest BCUT2D eigenvalue weighted by Crippen LogP contribution is -2.41. The van der Waals surface area contributed by atoms with E-state index in [1.165, 1.54) is 0 Å². The molecular weight excluding hydrogens is 343 g/mol. The number of aldehydes is 1. The van der Waals surface area contributed by atoms with Crippen molar-refractivity contribution < 1.29 is 23.6 Å². The fourth-order valence-electron chi connectivity index (χ4n) is 2.88. The molecule has 0 aliphatic carbocycles. The molecule has 27 heavy (non-hydrogen) atoms. The van der Waals surface area contributed by atoms with Gasteiger partial charge in [-0.25, -0.2) is 0 Å². The molecule has 0 bridgehead atoms. The molecule has 0 amide bonds. The van der Waals surface area contributed by atoms with Crippen LogP contribution in [0.4, 0.5) is 0 Å². The molecule has 0 N–H and O–H groups in total. The van der Waals surface area contributed by atoms with Gasteiger partial charge in [-0.1, -0.05) is 30.3 Å². The van der Waals surface area contributed by atoms with Crippen molar-refractivity contribution in [3.63, 3.8) is 0 Å². The first-order valence-corrected chi connectivity index (χ1v) is 8.97. The summed E-state index contributed by atoms with van der Waals surface area (Å²) in [4.78, 5) is 11.7. The van der Waals surface area contributed by atoms with Crippen molar-refractivity contribution in [3.05, 3.63) is 53.6 Å². The van der Waals surface area contributed by atoms with Crippen LogP contribution in [0.2, 0.25) is 0 Å². The summed E-state index contributed by atoms with van der Waals surface area (Å²) in [5.74, 6) is 1.03. The summed E-state index contributed by atoms with van der Waals surface area (Å²) < 4.78 is 23.5. The van der Waals surface area contributed by atoms with Crippen molar-refractivity contribution in [2.75, 3.05) is 7.11 Å². The molecule has 3 rings (SSSR count). The summed E-state index contributed by atoms with van der Waals surface area (Å²) in [5, 5.41) is 0. The van der Waals surface area contributed by atoms with Crippen LogP contribution in [0.3, 0.4) is 0 Å². The second-order valence-electron chi connectivity index (χ2n) is 7.61. The first-order chi connectivity index (χ1) is 12.8. The van der Waals surface area contributed by atoms with Crippen LogP contribution in [0.1, 0.15) is 43.6 Å². The van der Waals surface area contributed by atoms with Crippen molar-refractivity contribution in [3.8, 4) is 11.5 Å². The molecule has 0 spiro atoms. The monoisotopic (exact) mass is 368 g/mol. The molecule has 1 aliphatic rings. The molecule has 1 heterocycles. The summed E-state index contributed by atoms with van der Waals surface area (Å²) in [6, 6.07) is 13.2. The Hall–Kier alpha value is -2.31. The van der Waals surface area contributed by atoms with E-state index >= 15 is 0 Å². The molecule has 1 aliphatic heterocycles. The summed E-state index contributed by atoms with van der Waals surface area (Å²) in [7, 11) is 0.923. The zero-order valence-electron chi connectivity index (χ0n) is 16.4. The van der Waals surface area contributed by atoms with Crippen molar-refractivity contribution in [1.29, 1.82) is 0 Å². The van der Waals surface area contributed by atoms with E-state index in [0.717, 1.165) is 11.8 Å². The number of carbonyl (C=O) groups excluding carboxylic acids is 1. The number of hydrogen-bond acceptors (Lipinski definition) is 5. The quantitative estimate of drug-likeness (QED) is 0.578. The van der Waals surface area contributed by atoms with Gasteiger partial charge in [0.15, 0.2) is 11.5 Å². The zero-order valence-corrected chi connectivity index (χ0v) is 16.4. The third-order valence-electron chi connectivity index (χ3n) is 5.24. The van der Waals surface area contributed by atoms with Crippen LogP contribution in [0, 0.1) is 0 Å². The van der Waals surface area contributed by atoms with E-state index in [-0.39, 0.29) is 0 Å². The van der Waals surface area contributed by atoms with Crippen molar-refractivity contribution >= 4 is 18.9 Å². The molecule has 2 aromatic rings. The summed E-state index contributed by atoms with van der Waals surface area (Å²) in [5.41, 5.74) is 1.13. The predicted molar refractivity (Wildman–Crippen MR) is 105 cm³/mol.